The van der Waals surface area contributed by atoms with Gasteiger partial charge in [0.2, 0.25) is 0 Å². The number of allylic oxidation sites excluding steroid dienone is 2. The summed E-state index contributed by atoms with van der Waals surface area (Å²) in [6.07, 6.45) is 6.84. The lowest BCUT2D eigenvalue weighted by atomic mass is 9.71. The van der Waals surface area contributed by atoms with E-state index in [0.717, 1.165) is 29.0 Å². The molecule has 2 bridgehead atoms. The summed E-state index contributed by atoms with van der Waals surface area (Å²) >= 11 is 0. The largest absolute Gasteiger partial charge is 0.207 e. The minimum atomic E-state index is -0.135. The van der Waals surface area contributed by atoms with Crippen LogP contribution < -0.4 is 0 Å². The first-order valence-corrected chi connectivity index (χ1v) is 9.58. The Morgan fingerprint density at radius 1 is 1.36 bits per heavy atom. The number of benzene rings is 1. The molecule has 2 aliphatic carbocycles. The molecule has 0 radical (unpaired) electrons. The Labute approximate surface area is 152 Å². The first-order chi connectivity index (χ1) is 12.0. The van der Waals surface area contributed by atoms with Gasteiger partial charge in [-0.3, -0.25) is 0 Å². The normalized spacial score (nSPS) is 28.3. The van der Waals surface area contributed by atoms with Gasteiger partial charge in [0.15, 0.2) is 0 Å². The maximum atomic E-state index is 15.0. The van der Waals surface area contributed by atoms with E-state index in [0.29, 0.717) is 17.8 Å². The van der Waals surface area contributed by atoms with Crippen molar-refractivity contribution in [3.8, 4) is 11.8 Å². The Morgan fingerprint density at radius 3 is 2.72 bits per heavy atom. The van der Waals surface area contributed by atoms with Crippen molar-refractivity contribution in [2.24, 2.45) is 23.7 Å². The third-order valence-electron chi connectivity index (χ3n) is 6.54. The van der Waals surface area contributed by atoms with Gasteiger partial charge in [-0.15, -0.1) is 12.5 Å². The molecular weight excluding hydrogens is 307 g/mol. The van der Waals surface area contributed by atoms with Crippen molar-refractivity contribution in [2.75, 3.05) is 0 Å². The third-order valence-corrected chi connectivity index (χ3v) is 6.54. The summed E-state index contributed by atoms with van der Waals surface area (Å²) in [5, 5.41) is 0. The average Bonchev–Trinajstić information content (AvgIpc) is 3.21. The van der Waals surface area contributed by atoms with Crippen LogP contribution in [0.15, 0.2) is 36.9 Å². The predicted molar refractivity (Wildman–Crippen MR) is 104 cm³/mol. The van der Waals surface area contributed by atoms with Gasteiger partial charge in [0.1, 0.15) is 5.82 Å². The van der Waals surface area contributed by atoms with Crippen molar-refractivity contribution in [1.82, 2.24) is 0 Å². The fourth-order valence-corrected chi connectivity index (χ4v) is 5.37. The van der Waals surface area contributed by atoms with Crippen LogP contribution in [-0.4, -0.2) is 0 Å². The number of hydrogen-bond acceptors (Lipinski definition) is 0. The second-order valence-corrected chi connectivity index (χ2v) is 7.73. The van der Waals surface area contributed by atoms with Crippen LogP contribution in [0, 0.1) is 41.3 Å². The molecule has 2 saturated carbocycles. The zero-order chi connectivity index (χ0) is 18.1. The van der Waals surface area contributed by atoms with Gasteiger partial charge in [-0.2, -0.15) is 0 Å². The molecule has 0 saturated heterocycles. The molecular formula is C24H29F. The number of halogens is 1. The third kappa shape index (κ3) is 3.08. The number of aryl methyl sites for hydroxylation is 1. The SMILES string of the molecule is C=CC1C2CCC(C2)C1C(=C)C(C)c1c(F)cc(C#CC)cc1CC. The summed E-state index contributed by atoms with van der Waals surface area (Å²) in [5.74, 6) is 8.20. The molecule has 5 atom stereocenters. The highest BCUT2D eigenvalue weighted by molar-refractivity contribution is 5.45. The Kier molecular flexibility index (Phi) is 5.19. The topological polar surface area (TPSA) is 0 Å². The second kappa shape index (κ2) is 7.20. The highest BCUT2D eigenvalue weighted by atomic mass is 19.1. The Morgan fingerprint density at radius 2 is 2.08 bits per heavy atom. The van der Waals surface area contributed by atoms with Crippen LogP contribution in [0.25, 0.3) is 0 Å². The number of rotatable bonds is 5. The van der Waals surface area contributed by atoms with E-state index in [-0.39, 0.29) is 11.7 Å². The molecule has 0 aromatic heterocycles. The van der Waals surface area contributed by atoms with E-state index >= 15 is 0 Å². The Balaban J connectivity index is 1.94. The van der Waals surface area contributed by atoms with Crippen LogP contribution in [0.1, 0.15) is 62.6 Å². The van der Waals surface area contributed by atoms with Crippen LogP contribution in [0.4, 0.5) is 4.39 Å². The van der Waals surface area contributed by atoms with Gasteiger partial charge in [-0.25, -0.2) is 4.39 Å². The molecule has 0 amide bonds. The number of fused-ring (bicyclic) bond motifs is 2. The molecule has 1 heteroatoms. The van der Waals surface area contributed by atoms with E-state index in [2.05, 4.69) is 44.9 Å². The zero-order valence-electron chi connectivity index (χ0n) is 15.7. The van der Waals surface area contributed by atoms with Crippen molar-refractivity contribution < 1.29 is 4.39 Å². The van der Waals surface area contributed by atoms with Gasteiger partial charge < -0.3 is 0 Å². The van der Waals surface area contributed by atoms with Crippen molar-refractivity contribution in [2.45, 2.75) is 52.4 Å². The average molecular weight is 336 g/mol. The van der Waals surface area contributed by atoms with E-state index in [4.69, 9.17) is 0 Å². The molecule has 5 unspecified atom stereocenters. The van der Waals surface area contributed by atoms with Crippen molar-refractivity contribution in [3.63, 3.8) is 0 Å². The highest BCUT2D eigenvalue weighted by Gasteiger charge is 2.47. The van der Waals surface area contributed by atoms with E-state index in [1.807, 2.05) is 6.07 Å². The quantitative estimate of drug-likeness (QED) is 0.439. The molecule has 0 nitrogen and oxygen atoms in total. The fraction of sp³-hybridized carbons (Fsp3) is 0.500. The van der Waals surface area contributed by atoms with E-state index < -0.39 is 0 Å². The smallest absolute Gasteiger partial charge is 0.128 e. The molecule has 1 aromatic carbocycles. The lowest BCUT2D eigenvalue weighted by molar-refractivity contribution is 0.296. The summed E-state index contributed by atoms with van der Waals surface area (Å²) in [5.41, 5.74) is 3.84. The lowest BCUT2D eigenvalue weighted by Crippen LogP contribution is -2.25. The minimum absolute atomic E-state index is 0.0328. The van der Waals surface area contributed by atoms with Crippen LogP contribution in [0.2, 0.25) is 0 Å². The number of hydrogen-bond donors (Lipinski definition) is 0. The van der Waals surface area contributed by atoms with Gasteiger partial charge in [0, 0.05) is 11.5 Å². The monoisotopic (exact) mass is 336 g/mol. The Hall–Kier alpha value is -1.81. The van der Waals surface area contributed by atoms with Gasteiger partial charge in [0.25, 0.3) is 0 Å². The first-order valence-electron chi connectivity index (χ1n) is 9.58. The van der Waals surface area contributed by atoms with Gasteiger partial charge >= 0.3 is 0 Å². The van der Waals surface area contributed by atoms with E-state index in [9.17, 15) is 4.39 Å². The van der Waals surface area contributed by atoms with Crippen LogP contribution in [-0.2, 0) is 6.42 Å². The molecule has 2 aliphatic rings. The molecule has 0 heterocycles. The molecule has 0 N–H and O–H groups in total. The molecule has 3 rings (SSSR count). The van der Waals surface area contributed by atoms with Gasteiger partial charge in [-0.1, -0.05) is 38.0 Å². The summed E-state index contributed by atoms with van der Waals surface area (Å²) in [6.45, 7) is 14.5. The maximum Gasteiger partial charge on any atom is 0.128 e. The summed E-state index contributed by atoms with van der Waals surface area (Å²) < 4.78 is 15.0. The molecule has 1 aromatic rings. The standard InChI is InChI=1S/C24H29F/c1-6-9-17-12-18(7-2)24(22(25)13-17)16(5)15(4)23-20-11-10-19(14-20)21(23)8-3/h8,12-13,16,19-21,23H,3-4,7,10-11,14H2,1-2,5H3. The van der Waals surface area contributed by atoms with Crippen LogP contribution in [0.3, 0.4) is 0 Å². The first kappa shape index (κ1) is 18.0. The molecule has 25 heavy (non-hydrogen) atoms. The predicted octanol–water partition coefficient (Wildman–Crippen LogP) is 6.27. The van der Waals surface area contributed by atoms with Crippen molar-refractivity contribution in [1.29, 1.82) is 0 Å². The molecule has 0 aliphatic heterocycles. The molecule has 2 fully saturated rings. The zero-order valence-corrected chi connectivity index (χ0v) is 15.7. The summed E-state index contributed by atoms with van der Waals surface area (Å²) in [6, 6.07) is 3.63. The highest BCUT2D eigenvalue weighted by Crippen LogP contribution is 2.56. The molecule has 0 spiro atoms. The van der Waals surface area contributed by atoms with E-state index in [1.54, 1.807) is 13.0 Å². The van der Waals surface area contributed by atoms with Crippen LogP contribution >= 0.6 is 0 Å². The summed E-state index contributed by atoms with van der Waals surface area (Å²) in [4.78, 5) is 0. The van der Waals surface area contributed by atoms with Crippen molar-refractivity contribution in [3.05, 3.63) is 59.4 Å². The maximum absolute atomic E-state index is 15.0. The summed E-state index contributed by atoms with van der Waals surface area (Å²) in [7, 11) is 0. The van der Waals surface area contributed by atoms with E-state index in [1.165, 1.54) is 24.8 Å². The van der Waals surface area contributed by atoms with Crippen molar-refractivity contribution >= 4 is 0 Å². The fourth-order valence-electron chi connectivity index (χ4n) is 5.37. The molecule has 132 valence electrons. The lowest BCUT2D eigenvalue weighted by Gasteiger charge is -2.34. The second-order valence-electron chi connectivity index (χ2n) is 7.73. The minimum Gasteiger partial charge on any atom is -0.207 e. The van der Waals surface area contributed by atoms with Gasteiger partial charge in [-0.05, 0) is 79.5 Å². The van der Waals surface area contributed by atoms with Crippen LogP contribution in [0.5, 0.6) is 0 Å². The Bertz CT molecular complexity index is 745. The van der Waals surface area contributed by atoms with Gasteiger partial charge in [0.05, 0.1) is 0 Å².